The van der Waals surface area contributed by atoms with Crippen LogP contribution in [0.2, 0.25) is 10.0 Å². The predicted molar refractivity (Wildman–Crippen MR) is 52.7 cm³/mol. The van der Waals surface area contributed by atoms with Gasteiger partial charge in [-0.25, -0.2) is 8.78 Å². The van der Waals surface area contributed by atoms with Crippen LogP contribution in [0, 0.1) is 11.6 Å². The highest BCUT2D eigenvalue weighted by Gasteiger charge is 2.08. The van der Waals surface area contributed by atoms with Gasteiger partial charge in [-0.15, -0.1) is 0 Å². The maximum atomic E-state index is 12.4. The Morgan fingerprint density at radius 3 is 1.79 bits per heavy atom. The standard InChI is InChI=1S/C6H2Cl2F2.2CH4O/c7-3-1-2-4(9)6(10)5(3)8;2*1-2/h1-2H;2*2H,1H3. The largest absolute Gasteiger partial charge is 0.400 e. The van der Waals surface area contributed by atoms with Crippen LogP contribution in [-0.4, -0.2) is 24.4 Å². The lowest BCUT2D eigenvalue weighted by Gasteiger charge is -1.96. The van der Waals surface area contributed by atoms with Gasteiger partial charge in [-0.2, -0.15) is 0 Å². The molecule has 14 heavy (non-hydrogen) atoms. The van der Waals surface area contributed by atoms with Crippen LogP contribution in [0.3, 0.4) is 0 Å². The van der Waals surface area contributed by atoms with Crippen LogP contribution in [0.15, 0.2) is 12.1 Å². The molecule has 0 fully saturated rings. The quantitative estimate of drug-likeness (QED) is 0.546. The van der Waals surface area contributed by atoms with E-state index in [1.54, 1.807) is 0 Å². The van der Waals surface area contributed by atoms with E-state index in [1.807, 2.05) is 0 Å². The molecule has 2 nitrogen and oxygen atoms in total. The van der Waals surface area contributed by atoms with Gasteiger partial charge in [0.15, 0.2) is 11.6 Å². The molecule has 0 amide bonds. The number of hydrogen-bond acceptors (Lipinski definition) is 2. The van der Waals surface area contributed by atoms with Crippen molar-refractivity contribution in [1.82, 2.24) is 0 Å². The van der Waals surface area contributed by atoms with E-state index in [2.05, 4.69) is 0 Å². The number of hydrogen-bond donors (Lipinski definition) is 2. The summed E-state index contributed by atoms with van der Waals surface area (Å²) in [7, 11) is 2.00. The van der Waals surface area contributed by atoms with Crippen molar-refractivity contribution in [2.24, 2.45) is 0 Å². The number of rotatable bonds is 0. The number of aliphatic hydroxyl groups is 2. The van der Waals surface area contributed by atoms with Crippen molar-refractivity contribution in [2.75, 3.05) is 14.2 Å². The summed E-state index contributed by atoms with van der Waals surface area (Å²) in [6, 6.07) is 2.12. The molecule has 0 unspecified atom stereocenters. The van der Waals surface area contributed by atoms with Gasteiger partial charge in [-0.3, -0.25) is 0 Å². The van der Waals surface area contributed by atoms with Crippen molar-refractivity contribution in [2.45, 2.75) is 0 Å². The highest BCUT2D eigenvalue weighted by Crippen LogP contribution is 2.25. The highest BCUT2D eigenvalue weighted by molar-refractivity contribution is 6.42. The summed E-state index contributed by atoms with van der Waals surface area (Å²) < 4.78 is 24.6. The average Bonchev–Trinajstić information content (AvgIpc) is 2.26. The zero-order valence-electron chi connectivity index (χ0n) is 7.56. The Kier molecular flexibility index (Phi) is 10.5. The van der Waals surface area contributed by atoms with E-state index in [9.17, 15) is 8.78 Å². The van der Waals surface area contributed by atoms with Gasteiger partial charge >= 0.3 is 0 Å². The molecule has 0 saturated heterocycles. The van der Waals surface area contributed by atoms with Crippen LogP contribution in [0.5, 0.6) is 0 Å². The lowest BCUT2D eigenvalue weighted by atomic mass is 10.3. The summed E-state index contributed by atoms with van der Waals surface area (Å²) in [4.78, 5) is 0. The van der Waals surface area contributed by atoms with Gasteiger partial charge in [0.2, 0.25) is 0 Å². The lowest BCUT2D eigenvalue weighted by molar-refractivity contribution is 0.399. The minimum atomic E-state index is -1.10. The van der Waals surface area contributed by atoms with E-state index in [-0.39, 0.29) is 10.0 Å². The molecule has 6 heteroatoms. The second-order valence-corrected chi connectivity index (χ2v) is 2.44. The number of benzene rings is 1. The number of aliphatic hydroxyl groups excluding tert-OH is 2. The van der Waals surface area contributed by atoms with Gasteiger partial charge in [0, 0.05) is 14.2 Å². The van der Waals surface area contributed by atoms with Gasteiger partial charge < -0.3 is 10.2 Å². The van der Waals surface area contributed by atoms with E-state index >= 15 is 0 Å². The average molecular weight is 247 g/mol. The second kappa shape index (κ2) is 9.15. The topological polar surface area (TPSA) is 40.5 Å². The Morgan fingerprint density at radius 2 is 1.43 bits per heavy atom. The molecule has 0 aliphatic heterocycles. The first kappa shape index (κ1) is 16.0. The van der Waals surface area contributed by atoms with Crippen LogP contribution < -0.4 is 0 Å². The minimum Gasteiger partial charge on any atom is -0.400 e. The Morgan fingerprint density at radius 1 is 1.00 bits per heavy atom. The van der Waals surface area contributed by atoms with Crippen molar-refractivity contribution >= 4 is 23.2 Å². The molecule has 1 rings (SSSR count). The zero-order chi connectivity index (χ0) is 11.7. The fourth-order valence-electron chi connectivity index (χ4n) is 0.502. The van der Waals surface area contributed by atoms with E-state index < -0.39 is 11.6 Å². The van der Waals surface area contributed by atoms with Crippen molar-refractivity contribution in [3.8, 4) is 0 Å². The van der Waals surface area contributed by atoms with Crippen LogP contribution in [0.1, 0.15) is 0 Å². The van der Waals surface area contributed by atoms with Crippen molar-refractivity contribution in [1.29, 1.82) is 0 Å². The summed E-state index contributed by atoms with van der Waals surface area (Å²) in [6.45, 7) is 0. The summed E-state index contributed by atoms with van der Waals surface area (Å²) in [5.74, 6) is -2.09. The SMILES string of the molecule is CO.CO.Fc1ccc(Cl)c(Cl)c1F. The fourth-order valence-corrected chi connectivity index (χ4v) is 0.802. The van der Waals surface area contributed by atoms with Gasteiger partial charge in [0.1, 0.15) is 0 Å². The maximum Gasteiger partial charge on any atom is 0.178 e. The smallest absolute Gasteiger partial charge is 0.178 e. The third-order valence-electron chi connectivity index (χ3n) is 0.988. The predicted octanol–water partition coefficient (Wildman–Crippen LogP) is 2.49. The molecule has 0 aromatic heterocycles. The summed E-state index contributed by atoms with van der Waals surface area (Å²) in [5.41, 5.74) is 0. The molecule has 0 bridgehead atoms. The van der Waals surface area contributed by atoms with E-state index in [0.29, 0.717) is 0 Å². The molecule has 1 aromatic carbocycles. The third-order valence-corrected chi connectivity index (χ3v) is 1.77. The molecule has 0 aliphatic carbocycles. The minimum absolute atomic E-state index is 0.0144. The molecule has 0 aliphatic rings. The molecule has 0 radical (unpaired) electrons. The Balaban J connectivity index is 0. The first-order chi connectivity index (χ1) is 6.63. The molecule has 0 spiro atoms. The molecule has 0 saturated carbocycles. The zero-order valence-corrected chi connectivity index (χ0v) is 9.07. The Labute approximate surface area is 90.7 Å². The third kappa shape index (κ3) is 4.72. The van der Waals surface area contributed by atoms with Gasteiger partial charge in [-0.05, 0) is 12.1 Å². The molecule has 2 N–H and O–H groups in total. The molecule has 82 valence electrons. The van der Waals surface area contributed by atoms with Crippen LogP contribution in [0.4, 0.5) is 8.78 Å². The van der Waals surface area contributed by atoms with Crippen LogP contribution in [0.25, 0.3) is 0 Å². The lowest BCUT2D eigenvalue weighted by Crippen LogP contribution is -1.84. The highest BCUT2D eigenvalue weighted by atomic mass is 35.5. The summed E-state index contributed by atoms with van der Waals surface area (Å²) in [6.07, 6.45) is 0. The Bertz CT molecular complexity index is 243. The summed E-state index contributed by atoms with van der Waals surface area (Å²) in [5, 5.41) is 13.6. The van der Waals surface area contributed by atoms with Crippen molar-refractivity contribution < 1.29 is 19.0 Å². The van der Waals surface area contributed by atoms with Gasteiger partial charge in [0.05, 0.1) is 10.0 Å². The number of halogens is 4. The molecule has 1 aromatic rings. The second-order valence-electron chi connectivity index (χ2n) is 1.66. The van der Waals surface area contributed by atoms with E-state index in [4.69, 9.17) is 33.4 Å². The first-order valence-corrected chi connectivity index (χ1v) is 4.07. The van der Waals surface area contributed by atoms with Crippen molar-refractivity contribution in [3.05, 3.63) is 33.8 Å². The van der Waals surface area contributed by atoms with Crippen LogP contribution >= 0.6 is 23.2 Å². The fraction of sp³-hybridized carbons (Fsp3) is 0.250. The molecular weight excluding hydrogens is 237 g/mol. The van der Waals surface area contributed by atoms with Gasteiger partial charge in [-0.1, -0.05) is 23.2 Å². The van der Waals surface area contributed by atoms with Crippen LogP contribution in [-0.2, 0) is 0 Å². The van der Waals surface area contributed by atoms with E-state index in [1.165, 1.54) is 6.07 Å². The first-order valence-electron chi connectivity index (χ1n) is 3.31. The molecule has 0 heterocycles. The van der Waals surface area contributed by atoms with E-state index in [0.717, 1.165) is 20.3 Å². The normalized spacial score (nSPS) is 8.00. The monoisotopic (exact) mass is 246 g/mol. The van der Waals surface area contributed by atoms with Crippen molar-refractivity contribution in [3.63, 3.8) is 0 Å². The van der Waals surface area contributed by atoms with Gasteiger partial charge in [0.25, 0.3) is 0 Å². The molecular formula is C8H10Cl2F2O2. The maximum absolute atomic E-state index is 12.4. The Hall–Kier alpha value is -0.420. The summed E-state index contributed by atoms with van der Waals surface area (Å²) >= 11 is 10.6. The molecule has 0 atom stereocenters.